The van der Waals surface area contributed by atoms with E-state index < -0.39 is 5.82 Å². The molecule has 0 atom stereocenters. The predicted octanol–water partition coefficient (Wildman–Crippen LogP) is 4.75. The summed E-state index contributed by atoms with van der Waals surface area (Å²) in [5.41, 5.74) is 1.85. The molecular weight excluding hydrogens is 339 g/mol. The van der Waals surface area contributed by atoms with Crippen LogP contribution in [-0.2, 0) is 4.79 Å². The number of thiazole rings is 1. The lowest BCUT2D eigenvalue weighted by Crippen LogP contribution is -2.12. The summed E-state index contributed by atoms with van der Waals surface area (Å²) in [5.74, 6) is -0.329. The van der Waals surface area contributed by atoms with Gasteiger partial charge in [-0.15, -0.1) is 11.3 Å². The van der Waals surface area contributed by atoms with E-state index >= 15 is 0 Å². The molecule has 0 fully saturated rings. The maximum Gasteiger partial charge on any atom is 0.226 e. The second-order valence-corrected chi connectivity index (χ2v) is 6.19. The van der Waals surface area contributed by atoms with E-state index in [-0.39, 0.29) is 24.7 Å². The number of benzene rings is 2. The summed E-state index contributed by atoms with van der Waals surface area (Å²) in [6.45, 7) is 0.279. The molecule has 1 N–H and O–H groups in total. The Balaban J connectivity index is 1.44. The van der Waals surface area contributed by atoms with Gasteiger partial charge in [0, 0.05) is 17.4 Å². The number of hydrogen-bond acceptors (Lipinski definition) is 4. The number of nitrogens with one attached hydrogen (secondary N) is 1. The number of carbonyl (C=O) groups is 1. The number of amides is 1. The summed E-state index contributed by atoms with van der Waals surface area (Å²) >= 11 is 1.39. The third kappa shape index (κ3) is 4.87. The van der Waals surface area contributed by atoms with Crippen molar-refractivity contribution in [3.63, 3.8) is 0 Å². The van der Waals surface area contributed by atoms with Crippen molar-refractivity contribution in [3.8, 4) is 17.0 Å². The Labute approximate surface area is 149 Å². The zero-order valence-electron chi connectivity index (χ0n) is 13.4. The van der Waals surface area contributed by atoms with Crippen LogP contribution in [0.15, 0.2) is 60.0 Å². The van der Waals surface area contributed by atoms with Crippen LogP contribution in [0, 0.1) is 5.82 Å². The van der Waals surface area contributed by atoms with Crippen molar-refractivity contribution in [3.05, 3.63) is 65.8 Å². The lowest BCUT2D eigenvalue weighted by molar-refractivity contribution is -0.116. The molecule has 3 rings (SSSR count). The molecule has 0 aliphatic rings. The summed E-state index contributed by atoms with van der Waals surface area (Å²) in [6.07, 6.45) is 0.784. The van der Waals surface area contributed by atoms with Crippen LogP contribution >= 0.6 is 11.3 Å². The van der Waals surface area contributed by atoms with Gasteiger partial charge in [0.15, 0.2) is 16.7 Å². The molecule has 0 saturated heterocycles. The number of anilines is 1. The summed E-state index contributed by atoms with van der Waals surface area (Å²) < 4.78 is 18.7. The van der Waals surface area contributed by atoms with Crippen molar-refractivity contribution in [2.45, 2.75) is 12.8 Å². The van der Waals surface area contributed by atoms with E-state index in [4.69, 9.17) is 4.74 Å². The highest BCUT2D eigenvalue weighted by molar-refractivity contribution is 7.14. The zero-order valence-corrected chi connectivity index (χ0v) is 14.3. The molecule has 1 amide bonds. The quantitative estimate of drug-likeness (QED) is 0.622. The smallest absolute Gasteiger partial charge is 0.226 e. The number of halogens is 1. The van der Waals surface area contributed by atoms with Crippen LogP contribution in [0.25, 0.3) is 11.3 Å². The van der Waals surface area contributed by atoms with E-state index in [2.05, 4.69) is 10.3 Å². The second-order valence-electron chi connectivity index (χ2n) is 5.33. The van der Waals surface area contributed by atoms with Crippen molar-refractivity contribution >= 4 is 22.4 Å². The number of nitrogens with zero attached hydrogens (tertiary/aromatic N) is 1. The van der Waals surface area contributed by atoms with Crippen LogP contribution in [0.4, 0.5) is 9.52 Å². The van der Waals surface area contributed by atoms with Gasteiger partial charge >= 0.3 is 0 Å². The fourth-order valence-corrected chi connectivity index (χ4v) is 2.97. The average Bonchev–Trinajstić information content (AvgIpc) is 3.09. The lowest BCUT2D eigenvalue weighted by atomic mass is 10.2. The van der Waals surface area contributed by atoms with E-state index in [0.717, 1.165) is 11.3 Å². The second kappa shape index (κ2) is 8.39. The molecule has 0 spiro atoms. The van der Waals surface area contributed by atoms with Gasteiger partial charge in [0.1, 0.15) is 0 Å². The molecule has 1 heterocycles. The van der Waals surface area contributed by atoms with Crippen LogP contribution in [0.3, 0.4) is 0 Å². The van der Waals surface area contributed by atoms with Gasteiger partial charge in [-0.25, -0.2) is 9.37 Å². The van der Waals surface area contributed by atoms with E-state index in [0.29, 0.717) is 11.6 Å². The minimum Gasteiger partial charge on any atom is -0.491 e. The number of rotatable bonds is 7. The Bertz CT molecular complexity index is 836. The molecule has 0 saturated carbocycles. The highest BCUT2D eigenvalue weighted by Gasteiger charge is 2.08. The van der Waals surface area contributed by atoms with Gasteiger partial charge in [0.25, 0.3) is 0 Å². The number of hydrogen-bond donors (Lipinski definition) is 1. The minimum atomic E-state index is -0.400. The van der Waals surface area contributed by atoms with Gasteiger partial charge in [0.2, 0.25) is 5.91 Å². The largest absolute Gasteiger partial charge is 0.491 e. The van der Waals surface area contributed by atoms with Crippen molar-refractivity contribution in [1.82, 2.24) is 4.98 Å². The highest BCUT2D eigenvalue weighted by atomic mass is 32.1. The Hall–Kier alpha value is -2.73. The topological polar surface area (TPSA) is 51.2 Å². The summed E-state index contributed by atoms with van der Waals surface area (Å²) in [6, 6.07) is 16.0. The molecule has 6 heteroatoms. The Kier molecular flexibility index (Phi) is 5.74. The Morgan fingerprint density at radius 2 is 1.88 bits per heavy atom. The monoisotopic (exact) mass is 356 g/mol. The molecule has 1 aromatic heterocycles. The molecule has 0 radical (unpaired) electrons. The predicted molar refractivity (Wildman–Crippen MR) is 97.3 cm³/mol. The minimum absolute atomic E-state index is 0.133. The van der Waals surface area contributed by atoms with E-state index in [1.807, 2.05) is 35.7 Å². The van der Waals surface area contributed by atoms with Crippen molar-refractivity contribution in [2.75, 3.05) is 11.9 Å². The molecule has 25 heavy (non-hydrogen) atoms. The first-order valence-corrected chi connectivity index (χ1v) is 8.78. The first kappa shape index (κ1) is 17.1. The average molecular weight is 356 g/mol. The van der Waals surface area contributed by atoms with Crippen LogP contribution in [0.2, 0.25) is 0 Å². The summed E-state index contributed by atoms with van der Waals surface area (Å²) in [4.78, 5) is 16.4. The molecule has 0 bridgehead atoms. The first-order valence-electron chi connectivity index (χ1n) is 7.90. The van der Waals surface area contributed by atoms with Gasteiger partial charge in [-0.05, 0) is 18.6 Å². The van der Waals surface area contributed by atoms with Gasteiger partial charge in [0.05, 0.1) is 12.3 Å². The molecule has 128 valence electrons. The Morgan fingerprint density at radius 3 is 2.68 bits per heavy atom. The number of para-hydroxylation sites is 1. The SMILES string of the molecule is O=C(CCCOc1ccccc1F)Nc1nc(-c2ccccc2)cs1. The number of ether oxygens (including phenoxy) is 1. The zero-order chi connectivity index (χ0) is 17.5. The highest BCUT2D eigenvalue weighted by Crippen LogP contribution is 2.24. The van der Waals surface area contributed by atoms with Crippen LogP contribution in [0.5, 0.6) is 5.75 Å². The summed E-state index contributed by atoms with van der Waals surface area (Å²) in [7, 11) is 0. The lowest BCUT2D eigenvalue weighted by Gasteiger charge is -2.06. The van der Waals surface area contributed by atoms with Crippen LogP contribution in [0.1, 0.15) is 12.8 Å². The van der Waals surface area contributed by atoms with Crippen LogP contribution in [-0.4, -0.2) is 17.5 Å². The standard InChI is InChI=1S/C19H17FN2O2S/c20-15-9-4-5-10-17(15)24-12-6-11-18(23)22-19-21-16(13-25-19)14-7-2-1-3-8-14/h1-5,7-10,13H,6,11-12H2,(H,21,22,23). The van der Waals surface area contributed by atoms with E-state index in [9.17, 15) is 9.18 Å². The third-order valence-electron chi connectivity index (χ3n) is 3.46. The molecule has 0 unspecified atom stereocenters. The van der Waals surface area contributed by atoms with Gasteiger partial charge < -0.3 is 10.1 Å². The fraction of sp³-hybridized carbons (Fsp3) is 0.158. The summed E-state index contributed by atoms with van der Waals surface area (Å²) in [5, 5.41) is 5.26. The third-order valence-corrected chi connectivity index (χ3v) is 4.22. The first-order chi connectivity index (χ1) is 12.2. The van der Waals surface area contributed by atoms with E-state index in [1.165, 1.54) is 17.4 Å². The molecule has 4 nitrogen and oxygen atoms in total. The maximum absolute atomic E-state index is 13.4. The normalized spacial score (nSPS) is 10.4. The molecule has 0 aliphatic heterocycles. The molecule has 3 aromatic rings. The molecule has 2 aromatic carbocycles. The molecule has 0 aliphatic carbocycles. The van der Waals surface area contributed by atoms with Crippen molar-refractivity contribution in [1.29, 1.82) is 0 Å². The number of carbonyl (C=O) groups excluding carboxylic acids is 1. The number of aromatic nitrogens is 1. The van der Waals surface area contributed by atoms with Gasteiger partial charge in [-0.3, -0.25) is 4.79 Å². The van der Waals surface area contributed by atoms with Gasteiger partial charge in [-0.2, -0.15) is 0 Å². The van der Waals surface area contributed by atoms with Crippen molar-refractivity contribution in [2.24, 2.45) is 0 Å². The van der Waals surface area contributed by atoms with Gasteiger partial charge in [-0.1, -0.05) is 42.5 Å². The Morgan fingerprint density at radius 1 is 1.12 bits per heavy atom. The molecular formula is C19H17FN2O2S. The van der Waals surface area contributed by atoms with Crippen LogP contribution < -0.4 is 10.1 Å². The van der Waals surface area contributed by atoms with E-state index in [1.54, 1.807) is 18.2 Å². The van der Waals surface area contributed by atoms with Crippen molar-refractivity contribution < 1.29 is 13.9 Å². The maximum atomic E-state index is 13.4. The fourth-order valence-electron chi connectivity index (χ4n) is 2.23.